The number of aryl methyl sites for hydroxylation is 1. The van der Waals surface area contributed by atoms with Gasteiger partial charge in [0.05, 0.1) is 12.9 Å². The van der Waals surface area contributed by atoms with Gasteiger partial charge in [0, 0.05) is 26.6 Å². The zero-order valence-corrected chi connectivity index (χ0v) is 15.2. The molecule has 3 aromatic rings. The molecule has 0 unspecified atom stereocenters. The molecule has 0 fully saturated rings. The molecule has 0 spiro atoms. The number of aromatic nitrogens is 2. The molecule has 1 aromatic heterocycles. The van der Waals surface area contributed by atoms with Crippen molar-refractivity contribution in [1.82, 2.24) is 9.97 Å². The predicted molar refractivity (Wildman–Crippen MR) is 101 cm³/mol. The second-order valence-electron chi connectivity index (χ2n) is 5.39. The lowest BCUT2D eigenvalue weighted by Crippen LogP contribution is -2.03. The molecule has 122 valence electrons. The number of nitrogens with one attached hydrogen (secondary N) is 1. The summed E-state index contributed by atoms with van der Waals surface area (Å²) in [4.78, 5) is 19.5. The van der Waals surface area contributed by atoms with Crippen molar-refractivity contribution in [1.29, 1.82) is 0 Å². The lowest BCUT2D eigenvalue weighted by Gasteiger charge is -2.07. The Morgan fingerprint density at radius 3 is 2.67 bits per heavy atom. The normalized spacial score (nSPS) is 10.5. The Balaban J connectivity index is 1.54. The van der Waals surface area contributed by atoms with Crippen LogP contribution in [0.15, 0.2) is 61.1 Å². The summed E-state index contributed by atoms with van der Waals surface area (Å²) in [7, 11) is 0. The molecule has 1 heterocycles. The Morgan fingerprint density at radius 2 is 1.96 bits per heavy atom. The summed E-state index contributed by atoms with van der Waals surface area (Å²) >= 11 is 2.21. The van der Waals surface area contributed by atoms with Crippen LogP contribution in [0.25, 0.3) is 0 Å². The molecular formula is C19H17IN2O2. The van der Waals surface area contributed by atoms with Crippen molar-refractivity contribution in [3.05, 3.63) is 81.4 Å². The van der Waals surface area contributed by atoms with Crippen molar-refractivity contribution in [2.75, 3.05) is 6.61 Å². The minimum Gasteiger partial charge on any atom is -0.494 e. The number of halogens is 1. The number of hydrogen-bond donors (Lipinski definition) is 1. The van der Waals surface area contributed by atoms with E-state index in [-0.39, 0.29) is 5.78 Å². The second-order valence-corrected chi connectivity index (χ2v) is 6.64. The lowest BCUT2D eigenvalue weighted by molar-refractivity contribution is 0.103. The molecule has 0 atom stereocenters. The van der Waals surface area contributed by atoms with Gasteiger partial charge in [0.2, 0.25) is 0 Å². The van der Waals surface area contributed by atoms with E-state index in [4.69, 9.17) is 4.74 Å². The fraction of sp³-hybridized carbons (Fsp3) is 0.158. The third kappa shape index (κ3) is 4.44. The number of nitrogens with zero attached hydrogens (tertiary/aromatic N) is 1. The number of hydrogen-bond acceptors (Lipinski definition) is 3. The fourth-order valence-corrected chi connectivity index (χ4v) is 2.92. The number of carbonyl (C=O) groups excluding carboxylic acids is 1. The highest BCUT2D eigenvalue weighted by Crippen LogP contribution is 2.17. The molecule has 24 heavy (non-hydrogen) atoms. The van der Waals surface area contributed by atoms with Crippen LogP contribution in [-0.4, -0.2) is 22.4 Å². The number of benzene rings is 2. The summed E-state index contributed by atoms with van der Waals surface area (Å²) in [6.07, 6.45) is 5.32. The molecule has 0 radical (unpaired) electrons. The highest BCUT2D eigenvalue weighted by atomic mass is 127. The standard InChI is InChI=1S/C19H17IN2O2/c20-16-4-1-3-15(11-16)19(23)14-6-8-18(9-7-14)24-10-2-5-17-12-21-13-22-17/h1,3-4,6-9,11-13H,2,5,10H2,(H,21,22). The van der Waals surface area contributed by atoms with Gasteiger partial charge in [0.25, 0.3) is 0 Å². The van der Waals surface area contributed by atoms with E-state index in [2.05, 4.69) is 32.6 Å². The van der Waals surface area contributed by atoms with Crippen molar-refractivity contribution in [3.63, 3.8) is 0 Å². The van der Waals surface area contributed by atoms with E-state index < -0.39 is 0 Å². The van der Waals surface area contributed by atoms with Gasteiger partial charge in [0.15, 0.2) is 5.78 Å². The summed E-state index contributed by atoms with van der Waals surface area (Å²) in [6.45, 7) is 0.628. The van der Waals surface area contributed by atoms with Crippen LogP contribution in [0.1, 0.15) is 28.0 Å². The van der Waals surface area contributed by atoms with Crippen molar-refractivity contribution in [3.8, 4) is 5.75 Å². The van der Waals surface area contributed by atoms with E-state index >= 15 is 0 Å². The molecule has 0 saturated heterocycles. The van der Waals surface area contributed by atoms with Gasteiger partial charge in [-0.3, -0.25) is 4.79 Å². The van der Waals surface area contributed by atoms with Gasteiger partial charge in [-0.25, -0.2) is 4.98 Å². The van der Waals surface area contributed by atoms with Gasteiger partial charge >= 0.3 is 0 Å². The summed E-state index contributed by atoms with van der Waals surface area (Å²) in [5, 5.41) is 0. The second kappa shape index (κ2) is 8.10. The first-order valence-corrected chi connectivity index (χ1v) is 8.80. The molecule has 2 aromatic carbocycles. The number of aromatic amines is 1. The van der Waals surface area contributed by atoms with E-state index in [0.717, 1.165) is 27.9 Å². The first-order chi connectivity index (χ1) is 11.7. The summed E-state index contributed by atoms with van der Waals surface area (Å²) < 4.78 is 6.77. The smallest absolute Gasteiger partial charge is 0.193 e. The van der Waals surface area contributed by atoms with Crippen LogP contribution in [0, 0.1) is 3.57 Å². The topological polar surface area (TPSA) is 55.0 Å². The number of H-pyrrole nitrogens is 1. The van der Waals surface area contributed by atoms with E-state index in [0.29, 0.717) is 17.7 Å². The third-order valence-electron chi connectivity index (χ3n) is 3.62. The maximum absolute atomic E-state index is 12.4. The summed E-state index contributed by atoms with van der Waals surface area (Å²) in [5.41, 5.74) is 2.48. The Morgan fingerprint density at radius 1 is 1.12 bits per heavy atom. The highest BCUT2D eigenvalue weighted by molar-refractivity contribution is 14.1. The molecule has 4 nitrogen and oxygen atoms in total. The zero-order chi connectivity index (χ0) is 16.8. The number of ketones is 1. The Hall–Kier alpha value is -2.15. The molecule has 0 aliphatic carbocycles. The highest BCUT2D eigenvalue weighted by Gasteiger charge is 2.09. The molecule has 0 aliphatic rings. The van der Waals surface area contributed by atoms with Gasteiger partial charge in [-0.1, -0.05) is 12.1 Å². The maximum atomic E-state index is 12.4. The van der Waals surface area contributed by atoms with Crippen LogP contribution >= 0.6 is 22.6 Å². The number of rotatable bonds is 7. The van der Waals surface area contributed by atoms with Gasteiger partial charge < -0.3 is 9.72 Å². The van der Waals surface area contributed by atoms with Gasteiger partial charge in [-0.15, -0.1) is 0 Å². The van der Waals surface area contributed by atoms with E-state index in [1.54, 1.807) is 6.33 Å². The van der Waals surface area contributed by atoms with Gasteiger partial charge in [-0.2, -0.15) is 0 Å². The Kier molecular flexibility index (Phi) is 5.63. The van der Waals surface area contributed by atoms with E-state index in [1.807, 2.05) is 54.7 Å². The van der Waals surface area contributed by atoms with Crippen LogP contribution in [0.5, 0.6) is 5.75 Å². The molecule has 3 rings (SSSR count). The molecule has 5 heteroatoms. The number of carbonyl (C=O) groups is 1. The van der Waals surface area contributed by atoms with Crippen LogP contribution in [0.4, 0.5) is 0 Å². The Bertz CT molecular complexity index is 798. The largest absolute Gasteiger partial charge is 0.494 e. The Labute approximate surface area is 154 Å². The van der Waals surface area contributed by atoms with Gasteiger partial charge in [-0.05, 0) is 71.8 Å². The summed E-state index contributed by atoms with van der Waals surface area (Å²) in [5.74, 6) is 0.804. The van der Waals surface area contributed by atoms with Crippen LogP contribution in [0.2, 0.25) is 0 Å². The first-order valence-electron chi connectivity index (χ1n) is 7.73. The zero-order valence-electron chi connectivity index (χ0n) is 13.0. The molecule has 0 amide bonds. The first kappa shape index (κ1) is 16.7. The monoisotopic (exact) mass is 432 g/mol. The fourth-order valence-electron chi connectivity index (χ4n) is 2.37. The molecule has 0 bridgehead atoms. The number of ether oxygens (including phenoxy) is 1. The lowest BCUT2D eigenvalue weighted by atomic mass is 10.0. The minimum absolute atomic E-state index is 0.0271. The molecule has 0 aliphatic heterocycles. The SMILES string of the molecule is O=C(c1ccc(OCCCc2cnc[nH]2)cc1)c1cccc(I)c1. The average Bonchev–Trinajstić information content (AvgIpc) is 3.12. The number of imidazole rings is 1. The predicted octanol–water partition coefficient (Wildman–Crippen LogP) is 4.26. The molecule has 1 N–H and O–H groups in total. The van der Waals surface area contributed by atoms with Crippen LogP contribution in [0.3, 0.4) is 0 Å². The quantitative estimate of drug-likeness (QED) is 0.345. The van der Waals surface area contributed by atoms with Crippen molar-refractivity contribution >= 4 is 28.4 Å². The van der Waals surface area contributed by atoms with Crippen molar-refractivity contribution < 1.29 is 9.53 Å². The van der Waals surface area contributed by atoms with Crippen molar-refractivity contribution in [2.45, 2.75) is 12.8 Å². The van der Waals surface area contributed by atoms with Crippen LogP contribution in [-0.2, 0) is 6.42 Å². The molecule has 0 saturated carbocycles. The third-order valence-corrected chi connectivity index (χ3v) is 4.29. The van der Waals surface area contributed by atoms with E-state index in [1.165, 1.54) is 0 Å². The maximum Gasteiger partial charge on any atom is 0.193 e. The van der Waals surface area contributed by atoms with E-state index in [9.17, 15) is 4.79 Å². The molecular weight excluding hydrogens is 415 g/mol. The van der Waals surface area contributed by atoms with Gasteiger partial charge in [0.1, 0.15) is 5.75 Å². The van der Waals surface area contributed by atoms with Crippen LogP contribution < -0.4 is 4.74 Å². The summed E-state index contributed by atoms with van der Waals surface area (Å²) in [6, 6.07) is 14.9. The van der Waals surface area contributed by atoms with Crippen molar-refractivity contribution in [2.24, 2.45) is 0 Å². The average molecular weight is 432 g/mol. The minimum atomic E-state index is 0.0271.